The van der Waals surface area contributed by atoms with E-state index < -0.39 is 0 Å². The third-order valence-corrected chi connectivity index (χ3v) is 12.3. The Balaban J connectivity index is 1.07. The van der Waals surface area contributed by atoms with Gasteiger partial charge in [-0.15, -0.1) is 11.3 Å². The molecule has 0 fully saturated rings. The molecule has 0 amide bonds. The maximum Gasteiger partial charge on any atom is 0.0465 e. The lowest BCUT2D eigenvalue weighted by Gasteiger charge is -2.28. The van der Waals surface area contributed by atoms with Crippen molar-refractivity contribution in [3.63, 3.8) is 0 Å². The lowest BCUT2D eigenvalue weighted by atomic mass is 9.82. The second kappa shape index (κ2) is 12.5. The number of anilines is 3. The Bertz CT molecular complexity index is 2760. The molecule has 1 heterocycles. The number of fused-ring (bicyclic) bond motifs is 7. The summed E-state index contributed by atoms with van der Waals surface area (Å²) in [5, 5.41) is 2.70. The first-order valence-corrected chi connectivity index (χ1v) is 19.2. The number of thiophene rings is 1. The molecule has 1 nitrogen and oxygen atoms in total. The van der Waals surface area contributed by atoms with Crippen molar-refractivity contribution in [1.29, 1.82) is 0 Å². The van der Waals surface area contributed by atoms with Crippen LogP contribution in [-0.2, 0) is 5.41 Å². The van der Waals surface area contributed by atoms with Gasteiger partial charge in [-0.05, 0) is 92.5 Å². The van der Waals surface area contributed by atoms with Gasteiger partial charge in [0.05, 0.1) is 0 Å². The number of hydrogen-bond acceptors (Lipinski definition) is 2. The summed E-state index contributed by atoms with van der Waals surface area (Å²) in [5.74, 6) is 0. The third-order valence-electron chi connectivity index (χ3n) is 11.1. The van der Waals surface area contributed by atoms with E-state index in [0.29, 0.717) is 0 Å². The molecule has 1 aromatic heterocycles. The average molecular weight is 696 g/mol. The summed E-state index contributed by atoms with van der Waals surface area (Å²) in [6, 6.07) is 68.8. The fraction of sp³-hybridized carbons (Fsp3) is 0.0588. The van der Waals surface area contributed by atoms with Gasteiger partial charge in [-0.2, -0.15) is 0 Å². The van der Waals surface area contributed by atoms with Crippen LogP contribution in [0.15, 0.2) is 188 Å². The fourth-order valence-electron chi connectivity index (χ4n) is 8.30. The monoisotopic (exact) mass is 695 g/mol. The van der Waals surface area contributed by atoms with E-state index in [9.17, 15) is 0 Å². The molecule has 10 rings (SSSR count). The predicted octanol–water partition coefficient (Wildman–Crippen LogP) is 14.8. The molecule has 9 aromatic rings. The van der Waals surface area contributed by atoms with Gasteiger partial charge in [-0.3, -0.25) is 0 Å². The van der Waals surface area contributed by atoms with Crippen LogP contribution in [0, 0.1) is 0 Å². The van der Waals surface area contributed by atoms with E-state index in [0.717, 1.165) is 17.1 Å². The highest BCUT2D eigenvalue weighted by Gasteiger charge is 2.37. The van der Waals surface area contributed by atoms with E-state index >= 15 is 0 Å². The molecule has 0 atom stereocenters. The van der Waals surface area contributed by atoms with Gasteiger partial charge in [-0.25, -0.2) is 0 Å². The smallest absolute Gasteiger partial charge is 0.0465 e. The van der Waals surface area contributed by atoms with Crippen molar-refractivity contribution in [1.82, 2.24) is 0 Å². The molecule has 53 heavy (non-hydrogen) atoms. The van der Waals surface area contributed by atoms with Gasteiger partial charge >= 0.3 is 0 Å². The van der Waals surface area contributed by atoms with Crippen molar-refractivity contribution in [3.8, 4) is 44.5 Å². The van der Waals surface area contributed by atoms with Crippen molar-refractivity contribution in [2.45, 2.75) is 19.3 Å². The summed E-state index contributed by atoms with van der Waals surface area (Å²) in [7, 11) is 0. The molecule has 2 heteroatoms. The number of nitrogens with zero attached hydrogens (tertiary/aromatic N) is 1. The van der Waals surface area contributed by atoms with Crippen LogP contribution in [0.4, 0.5) is 17.1 Å². The van der Waals surface area contributed by atoms with Gasteiger partial charge in [0.25, 0.3) is 0 Å². The van der Waals surface area contributed by atoms with Crippen LogP contribution in [0.2, 0.25) is 0 Å². The van der Waals surface area contributed by atoms with Crippen LogP contribution < -0.4 is 4.90 Å². The average Bonchev–Trinajstić information content (AvgIpc) is 3.71. The zero-order chi connectivity index (χ0) is 35.5. The molecule has 0 aliphatic heterocycles. The number of hydrogen-bond donors (Lipinski definition) is 0. The van der Waals surface area contributed by atoms with E-state index in [1.807, 2.05) is 11.3 Å². The minimum atomic E-state index is -0.135. The zero-order valence-electron chi connectivity index (χ0n) is 29.8. The van der Waals surface area contributed by atoms with Crippen LogP contribution >= 0.6 is 11.3 Å². The standard InChI is InChI=1S/C51H37NS/c1-51(2)46-32-31-44-43-15-9-10-16-48(43)53-50(44)49(46)45-30-29-42(33-47(45)51)52(40-25-21-38(22-26-40)35-13-7-4-8-14-35)41-27-23-39(24-28-41)37-19-17-36(18-20-37)34-11-5-3-6-12-34/h3-33H,1-2H3. The summed E-state index contributed by atoms with van der Waals surface area (Å²) in [6.07, 6.45) is 0. The van der Waals surface area contributed by atoms with Gasteiger partial charge in [0.2, 0.25) is 0 Å². The Morgan fingerprint density at radius 3 is 1.43 bits per heavy atom. The molecule has 0 saturated heterocycles. The highest BCUT2D eigenvalue weighted by Crippen LogP contribution is 2.55. The first-order valence-electron chi connectivity index (χ1n) is 18.3. The Hall–Kier alpha value is -6.22. The van der Waals surface area contributed by atoms with Crippen LogP contribution in [0.3, 0.4) is 0 Å². The maximum absolute atomic E-state index is 2.44. The molecular formula is C51H37NS. The molecular weight excluding hydrogens is 659 g/mol. The number of rotatable bonds is 6. The van der Waals surface area contributed by atoms with Crippen molar-refractivity contribution in [2.75, 3.05) is 4.90 Å². The van der Waals surface area contributed by atoms with E-state index in [1.165, 1.54) is 75.8 Å². The summed E-state index contributed by atoms with van der Waals surface area (Å²) in [4.78, 5) is 2.41. The van der Waals surface area contributed by atoms with E-state index in [2.05, 4.69) is 207 Å². The van der Waals surface area contributed by atoms with Gasteiger partial charge in [0, 0.05) is 48.2 Å². The molecule has 252 valence electrons. The molecule has 0 radical (unpaired) electrons. The molecule has 1 aliphatic rings. The minimum Gasteiger partial charge on any atom is -0.310 e. The van der Waals surface area contributed by atoms with Gasteiger partial charge < -0.3 is 4.90 Å². The number of benzene rings is 8. The van der Waals surface area contributed by atoms with Crippen LogP contribution in [0.5, 0.6) is 0 Å². The van der Waals surface area contributed by atoms with Crippen molar-refractivity contribution in [3.05, 3.63) is 199 Å². The maximum atomic E-state index is 2.44. The predicted molar refractivity (Wildman–Crippen MR) is 228 cm³/mol. The summed E-state index contributed by atoms with van der Waals surface area (Å²) in [5.41, 5.74) is 16.1. The molecule has 0 saturated carbocycles. The van der Waals surface area contributed by atoms with Crippen LogP contribution in [0.1, 0.15) is 25.0 Å². The normalized spacial score (nSPS) is 12.9. The highest BCUT2D eigenvalue weighted by atomic mass is 32.1. The lowest BCUT2D eigenvalue weighted by molar-refractivity contribution is 0.661. The van der Waals surface area contributed by atoms with Crippen molar-refractivity contribution >= 4 is 48.6 Å². The third kappa shape index (κ3) is 5.29. The van der Waals surface area contributed by atoms with Crippen LogP contribution in [0.25, 0.3) is 64.7 Å². The first-order chi connectivity index (χ1) is 26.0. The summed E-state index contributed by atoms with van der Waals surface area (Å²) < 4.78 is 2.74. The Morgan fingerprint density at radius 2 is 0.868 bits per heavy atom. The summed E-state index contributed by atoms with van der Waals surface area (Å²) >= 11 is 1.92. The second-order valence-corrected chi connectivity index (χ2v) is 15.6. The molecule has 1 aliphatic carbocycles. The topological polar surface area (TPSA) is 3.24 Å². The molecule has 0 spiro atoms. The molecule has 8 aromatic carbocycles. The van der Waals surface area contributed by atoms with E-state index in [4.69, 9.17) is 0 Å². The minimum absolute atomic E-state index is 0.135. The fourth-order valence-corrected chi connectivity index (χ4v) is 9.56. The Morgan fingerprint density at radius 1 is 0.396 bits per heavy atom. The zero-order valence-corrected chi connectivity index (χ0v) is 30.6. The second-order valence-electron chi connectivity index (χ2n) is 14.6. The lowest BCUT2D eigenvalue weighted by Crippen LogP contribution is -2.16. The molecule has 0 bridgehead atoms. The van der Waals surface area contributed by atoms with Crippen LogP contribution in [-0.4, -0.2) is 0 Å². The highest BCUT2D eigenvalue weighted by molar-refractivity contribution is 7.26. The molecule has 0 N–H and O–H groups in total. The summed E-state index contributed by atoms with van der Waals surface area (Å²) in [6.45, 7) is 4.77. The van der Waals surface area contributed by atoms with Crippen molar-refractivity contribution in [2.24, 2.45) is 0 Å². The molecule has 0 unspecified atom stereocenters. The quantitative estimate of drug-likeness (QED) is 0.167. The Kier molecular flexibility index (Phi) is 7.42. The Labute approximate surface area is 315 Å². The largest absolute Gasteiger partial charge is 0.310 e. The first kappa shape index (κ1) is 31.5. The van der Waals surface area contributed by atoms with Crippen molar-refractivity contribution < 1.29 is 0 Å². The van der Waals surface area contributed by atoms with Gasteiger partial charge in [0.1, 0.15) is 0 Å². The van der Waals surface area contributed by atoms with E-state index in [-0.39, 0.29) is 5.41 Å². The van der Waals surface area contributed by atoms with E-state index in [1.54, 1.807) is 0 Å². The van der Waals surface area contributed by atoms with Gasteiger partial charge in [-0.1, -0.05) is 159 Å². The van der Waals surface area contributed by atoms with Gasteiger partial charge in [0.15, 0.2) is 0 Å². The SMILES string of the molecule is CC1(C)c2cc(N(c3ccc(-c4ccccc4)cc3)c3ccc(-c4ccc(-c5ccccc5)cc4)cc3)ccc2-c2c1ccc1c2sc2ccccc21.